The predicted octanol–water partition coefficient (Wildman–Crippen LogP) is 4.28. The fourth-order valence-corrected chi connectivity index (χ4v) is 4.47. The number of aromatic amines is 1. The summed E-state index contributed by atoms with van der Waals surface area (Å²) >= 11 is 6.62. The maximum Gasteiger partial charge on any atom is 0.295 e. The molecule has 1 amide bonds. The number of nitrogens with zero attached hydrogens (tertiary/aromatic N) is 2. The third-order valence-electron chi connectivity index (χ3n) is 4.56. The lowest BCUT2D eigenvalue weighted by atomic mass is 10.2. The van der Waals surface area contributed by atoms with Crippen LogP contribution in [0.1, 0.15) is 18.2 Å². The van der Waals surface area contributed by atoms with Crippen LogP contribution < -0.4 is 15.2 Å². The fourth-order valence-electron chi connectivity index (χ4n) is 3.20. The molecule has 2 heterocycles. The molecule has 0 unspecified atom stereocenters. The molecule has 1 saturated heterocycles. The normalized spacial score (nSPS) is 15.3. The van der Waals surface area contributed by atoms with Gasteiger partial charge in [-0.1, -0.05) is 54.3 Å². The van der Waals surface area contributed by atoms with Crippen molar-refractivity contribution in [1.82, 2.24) is 9.78 Å². The molecule has 2 aromatic carbocycles. The molecule has 3 aromatic rings. The van der Waals surface area contributed by atoms with Crippen molar-refractivity contribution >= 4 is 46.0 Å². The van der Waals surface area contributed by atoms with Crippen LogP contribution in [0.2, 0.25) is 0 Å². The van der Waals surface area contributed by atoms with Gasteiger partial charge in [0, 0.05) is 0 Å². The van der Waals surface area contributed by atoms with Crippen LogP contribution in [0.3, 0.4) is 0 Å². The van der Waals surface area contributed by atoms with Gasteiger partial charge in [0.15, 0.2) is 4.32 Å². The zero-order valence-corrected chi connectivity index (χ0v) is 18.0. The van der Waals surface area contributed by atoms with Crippen LogP contribution in [-0.2, 0) is 4.79 Å². The molecule has 0 radical (unpaired) electrons. The molecule has 1 fully saturated rings. The average molecular weight is 438 g/mol. The Labute approximate surface area is 183 Å². The number of rotatable bonds is 5. The number of aromatic nitrogens is 2. The Bertz CT molecular complexity index is 1190. The van der Waals surface area contributed by atoms with Gasteiger partial charge >= 0.3 is 0 Å². The van der Waals surface area contributed by atoms with Crippen molar-refractivity contribution < 1.29 is 9.53 Å². The predicted molar refractivity (Wildman–Crippen MR) is 124 cm³/mol. The number of para-hydroxylation sites is 1. The van der Waals surface area contributed by atoms with Gasteiger partial charge in [-0.3, -0.25) is 19.6 Å². The zero-order chi connectivity index (χ0) is 21.3. The lowest BCUT2D eigenvalue weighted by Crippen LogP contribution is -2.32. The van der Waals surface area contributed by atoms with Crippen LogP contribution in [0.15, 0.2) is 64.3 Å². The summed E-state index contributed by atoms with van der Waals surface area (Å²) in [6, 6.07) is 16.7. The van der Waals surface area contributed by atoms with Crippen molar-refractivity contribution in [2.45, 2.75) is 13.8 Å². The number of hydrogen-bond acceptors (Lipinski definition) is 5. The molecule has 1 aliphatic heterocycles. The highest BCUT2D eigenvalue weighted by Gasteiger charge is 2.37. The summed E-state index contributed by atoms with van der Waals surface area (Å²) in [6.45, 7) is 4.27. The van der Waals surface area contributed by atoms with E-state index in [4.69, 9.17) is 17.0 Å². The second-order valence-corrected chi connectivity index (χ2v) is 8.26. The van der Waals surface area contributed by atoms with Crippen molar-refractivity contribution in [1.29, 1.82) is 0 Å². The topological polar surface area (TPSA) is 67.3 Å². The van der Waals surface area contributed by atoms with Crippen molar-refractivity contribution in [2.75, 3.05) is 11.5 Å². The van der Waals surface area contributed by atoms with Crippen molar-refractivity contribution in [2.24, 2.45) is 0 Å². The van der Waals surface area contributed by atoms with Crippen LogP contribution >= 0.6 is 24.0 Å². The molecular weight excluding hydrogens is 418 g/mol. The molecule has 0 atom stereocenters. The molecule has 0 bridgehead atoms. The Kier molecular flexibility index (Phi) is 5.61. The largest absolute Gasteiger partial charge is 0.494 e. The number of ether oxygens (including phenoxy) is 1. The van der Waals surface area contributed by atoms with Gasteiger partial charge in [-0.2, -0.15) is 0 Å². The molecule has 1 aliphatic rings. The Morgan fingerprint density at radius 2 is 1.80 bits per heavy atom. The number of hydrogen-bond donors (Lipinski definition) is 1. The van der Waals surface area contributed by atoms with Gasteiger partial charge in [-0.15, -0.1) is 0 Å². The molecule has 1 aromatic heterocycles. The van der Waals surface area contributed by atoms with E-state index in [0.717, 1.165) is 11.3 Å². The van der Waals surface area contributed by atoms with E-state index >= 15 is 0 Å². The number of thioether (sulfide) groups is 1. The van der Waals surface area contributed by atoms with Crippen molar-refractivity contribution in [3.63, 3.8) is 0 Å². The van der Waals surface area contributed by atoms with E-state index in [9.17, 15) is 9.59 Å². The van der Waals surface area contributed by atoms with Crippen LogP contribution in [0.4, 0.5) is 5.69 Å². The van der Waals surface area contributed by atoms with Gasteiger partial charge < -0.3 is 4.74 Å². The van der Waals surface area contributed by atoms with E-state index in [1.807, 2.05) is 61.5 Å². The number of carbonyl (C=O) groups excluding carboxylic acids is 1. The number of thiocarbonyl (C=S) groups is 1. The Morgan fingerprint density at radius 1 is 1.10 bits per heavy atom. The first-order chi connectivity index (χ1) is 14.5. The minimum atomic E-state index is -0.322. The van der Waals surface area contributed by atoms with E-state index in [2.05, 4.69) is 5.10 Å². The number of anilines is 1. The Morgan fingerprint density at radius 3 is 2.47 bits per heavy atom. The van der Waals surface area contributed by atoms with Gasteiger partial charge in [0.1, 0.15) is 11.4 Å². The molecule has 0 spiro atoms. The molecule has 0 aliphatic carbocycles. The van der Waals surface area contributed by atoms with E-state index in [1.54, 1.807) is 13.0 Å². The third-order valence-corrected chi connectivity index (χ3v) is 5.86. The van der Waals surface area contributed by atoms with Crippen LogP contribution in [0, 0.1) is 6.92 Å². The van der Waals surface area contributed by atoms with E-state index in [-0.39, 0.29) is 17.2 Å². The van der Waals surface area contributed by atoms with Crippen LogP contribution in [0.5, 0.6) is 5.75 Å². The van der Waals surface area contributed by atoms with Gasteiger partial charge in [-0.05, 0) is 49.8 Å². The van der Waals surface area contributed by atoms with Crippen LogP contribution in [0.25, 0.3) is 11.8 Å². The summed E-state index contributed by atoms with van der Waals surface area (Å²) in [4.78, 5) is 28.0. The minimum Gasteiger partial charge on any atom is -0.494 e. The number of benzene rings is 2. The third kappa shape index (κ3) is 3.71. The summed E-state index contributed by atoms with van der Waals surface area (Å²) in [7, 11) is 0. The highest BCUT2D eigenvalue weighted by Crippen LogP contribution is 2.36. The van der Waals surface area contributed by atoms with Gasteiger partial charge in [0.2, 0.25) is 0 Å². The summed E-state index contributed by atoms with van der Waals surface area (Å²) in [5, 5.41) is 3.04. The number of aryl methyl sites for hydroxylation is 1. The minimum absolute atomic E-state index is 0.247. The monoisotopic (exact) mass is 437 g/mol. The molecule has 6 nitrogen and oxygen atoms in total. The first kappa shape index (κ1) is 20.2. The number of nitrogens with one attached hydrogen (secondary N) is 1. The maximum atomic E-state index is 13.1. The number of H-pyrrole nitrogens is 1. The molecular formula is C22H19N3O3S2. The van der Waals surface area contributed by atoms with Gasteiger partial charge in [-0.25, -0.2) is 4.68 Å². The quantitative estimate of drug-likeness (QED) is 0.477. The van der Waals surface area contributed by atoms with E-state index < -0.39 is 0 Å². The summed E-state index contributed by atoms with van der Waals surface area (Å²) in [6.07, 6.45) is 1.77. The molecule has 30 heavy (non-hydrogen) atoms. The standard InChI is InChI=1S/C22H19N3O3S2/c1-3-28-17-11-9-15(10-12-17)13-18-20(26)24(22(29)30-18)19-14(2)23-25(21(19)27)16-7-5-4-6-8-16/h4-13,23H,3H2,1-2H3. The first-order valence-corrected chi connectivity index (χ1v) is 10.6. The number of amides is 1. The fraction of sp³-hybridized carbons (Fsp3) is 0.136. The lowest BCUT2D eigenvalue weighted by molar-refractivity contribution is -0.113. The summed E-state index contributed by atoms with van der Waals surface area (Å²) in [5.41, 5.74) is 2.04. The summed E-state index contributed by atoms with van der Waals surface area (Å²) < 4.78 is 7.19. The molecule has 152 valence electrons. The first-order valence-electron chi connectivity index (χ1n) is 9.37. The Balaban J connectivity index is 1.67. The van der Waals surface area contributed by atoms with Crippen molar-refractivity contribution in [3.05, 3.63) is 81.1 Å². The van der Waals surface area contributed by atoms with Gasteiger partial charge in [0.25, 0.3) is 11.5 Å². The smallest absolute Gasteiger partial charge is 0.295 e. The summed E-state index contributed by atoms with van der Waals surface area (Å²) in [5.74, 6) is 0.463. The van der Waals surface area contributed by atoms with Gasteiger partial charge in [0.05, 0.1) is 22.9 Å². The van der Waals surface area contributed by atoms with E-state index in [0.29, 0.717) is 27.2 Å². The van der Waals surface area contributed by atoms with Crippen LogP contribution in [-0.4, -0.2) is 26.6 Å². The Hall–Kier alpha value is -3.10. The SMILES string of the molecule is CCOc1ccc(C=C2SC(=S)N(c3c(C)[nH]n(-c4ccccc4)c3=O)C2=O)cc1. The molecule has 1 N–H and O–H groups in total. The van der Waals surface area contributed by atoms with Crippen molar-refractivity contribution in [3.8, 4) is 11.4 Å². The second kappa shape index (κ2) is 8.33. The highest BCUT2D eigenvalue weighted by molar-refractivity contribution is 8.27. The molecule has 8 heteroatoms. The van der Waals surface area contributed by atoms with E-state index in [1.165, 1.54) is 21.3 Å². The highest BCUT2D eigenvalue weighted by atomic mass is 32.2. The molecule has 0 saturated carbocycles. The number of carbonyl (C=O) groups is 1. The molecule has 4 rings (SSSR count). The maximum absolute atomic E-state index is 13.1. The lowest BCUT2D eigenvalue weighted by Gasteiger charge is -2.11. The second-order valence-electron chi connectivity index (χ2n) is 6.58. The average Bonchev–Trinajstić information content (AvgIpc) is 3.18. The zero-order valence-electron chi connectivity index (χ0n) is 16.4.